The Morgan fingerprint density at radius 1 is 1.07 bits per heavy atom. The standard InChI is InChI=1S/C20H24N4O4/c21-10-13-5-1-2-9-23(13)11-12-4-3-6-14-17(12)20(28)24(19(14)27)15-7-8-16(25)22-18(15)26/h3-4,6,13,15H,1-2,5,7-11,21H2,(H,22,25,26)/t13-,15?/m0/s1. The summed E-state index contributed by atoms with van der Waals surface area (Å²) in [7, 11) is 0. The third kappa shape index (κ3) is 3.12. The van der Waals surface area contributed by atoms with E-state index in [1.54, 1.807) is 12.1 Å². The Kier molecular flexibility index (Phi) is 4.99. The van der Waals surface area contributed by atoms with Gasteiger partial charge < -0.3 is 5.73 Å². The summed E-state index contributed by atoms with van der Waals surface area (Å²) in [6.45, 7) is 2.02. The molecule has 1 aromatic carbocycles. The minimum Gasteiger partial charge on any atom is -0.329 e. The number of nitrogens with zero attached hydrogens (tertiary/aromatic N) is 2. The molecule has 0 radical (unpaired) electrons. The molecule has 0 saturated carbocycles. The Morgan fingerprint density at radius 3 is 2.64 bits per heavy atom. The van der Waals surface area contributed by atoms with E-state index in [9.17, 15) is 19.2 Å². The lowest BCUT2D eigenvalue weighted by atomic mass is 9.98. The van der Waals surface area contributed by atoms with Crippen LogP contribution in [0, 0.1) is 0 Å². The Bertz CT molecular complexity index is 853. The summed E-state index contributed by atoms with van der Waals surface area (Å²) in [5, 5.41) is 2.22. The van der Waals surface area contributed by atoms with Gasteiger partial charge in [0.15, 0.2) is 0 Å². The number of imide groups is 2. The molecular formula is C20H24N4O4. The third-order valence-electron chi connectivity index (χ3n) is 5.95. The molecule has 2 atom stereocenters. The van der Waals surface area contributed by atoms with Gasteiger partial charge in [0.05, 0.1) is 11.1 Å². The second kappa shape index (κ2) is 7.44. The van der Waals surface area contributed by atoms with Crippen LogP contribution in [0.5, 0.6) is 0 Å². The molecule has 1 aromatic rings. The lowest BCUT2D eigenvalue weighted by Gasteiger charge is -2.35. The Labute approximate surface area is 163 Å². The van der Waals surface area contributed by atoms with E-state index in [2.05, 4.69) is 10.2 Å². The number of hydrogen-bond donors (Lipinski definition) is 2. The number of nitrogens with one attached hydrogen (secondary N) is 1. The molecule has 3 heterocycles. The Balaban J connectivity index is 1.63. The van der Waals surface area contributed by atoms with Crippen LogP contribution in [-0.2, 0) is 16.1 Å². The highest BCUT2D eigenvalue weighted by Crippen LogP contribution is 2.31. The van der Waals surface area contributed by atoms with Gasteiger partial charge in [-0.05, 0) is 37.4 Å². The van der Waals surface area contributed by atoms with Gasteiger partial charge in [-0.25, -0.2) is 0 Å². The molecule has 3 aliphatic rings. The number of nitrogens with two attached hydrogens (primary N) is 1. The molecule has 1 unspecified atom stereocenters. The average molecular weight is 384 g/mol. The second-order valence-corrected chi connectivity index (χ2v) is 7.64. The van der Waals surface area contributed by atoms with Gasteiger partial charge >= 0.3 is 0 Å². The molecule has 0 aromatic heterocycles. The molecular weight excluding hydrogens is 360 g/mol. The van der Waals surface area contributed by atoms with Crippen LogP contribution < -0.4 is 11.1 Å². The SMILES string of the molecule is NC[C@@H]1CCCCN1Cc1cccc2c1C(=O)N(C1CCC(=O)NC1=O)C2=O. The minimum atomic E-state index is -0.940. The highest BCUT2D eigenvalue weighted by molar-refractivity contribution is 6.24. The highest BCUT2D eigenvalue weighted by Gasteiger charge is 2.45. The predicted octanol–water partition coefficient (Wildman–Crippen LogP) is 0.401. The maximum atomic E-state index is 13.1. The Morgan fingerprint density at radius 2 is 1.89 bits per heavy atom. The van der Waals surface area contributed by atoms with E-state index < -0.39 is 23.8 Å². The quantitative estimate of drug-likeness (QED) is 0.727. The van der Waals surface area contributed by atoms with Crippen LogP contribution in [0.4, 0.5) is 0 Å². The summed E-state index contributed by atoms with van der Waals surface area (Å²) in [6, 6.07) is 4.59. The summed E-state index contributed by atoms with van der Waals surface area (Å²) in [6.07, 6.45) is 3.53. The summed E-state index contributed by atoms with van der Waals surface area (Å²) >= 11 is 0. The van der Waals surface area contributed by atoms with E-state index in [0.717, 1.165) is 36.3 Å². The summed E-state index contributed by atoms with van der Waals surface area (Å²) in [5.74, 6) is -1.89. The number of amides is 4. The number of carbonyl (C=O) groups excluding carboxylic acids is 4. The molecule has 0 bridgehead atoms. The Hall–Kier alpha value is -2.58. The lowest BCUT2D eigenvalue weighted by molar-refractivity contribution is -0.136. The first-order valence-electron chi connectivity index (χ1n) is 9.79. The van der Waals surface area contributed by atoms with E-state index in [0.29, 0.717) is 24.2 Å². The smallest absolute Gasteiger partial charge is 0.262 e. The monoisotopic (exact) mass is 384 g/mol. The molecule has 3 aliphatic heterocycles. The van der Waals surface area contributed by atoms with Crippen LogP contribution in [0.3, 0.4) is 0 Å². The van der Waals surface area contributed by atoms with Gasteiger partial charge in [-0.3, -0.25) is 34.3 Å². The fourth-order valence-corrected chi connectivity index (χ4v) is 4.47. The van der Waals surface area contributed by atoms with Crippen molar-refractivity contribution in [2.75, 3.05) is 13.1 Å². The number of benzene rings is 1. The zero-order valence-corrected chi connectivity index (χ0v) is 15.6. The maximum absolute atomic E-state index is 13.1. The fraction of sp³-hybridized carbons (Fsp3) is 0.500. The van der Waals surface area contributed by atoms with Crippen LogP contribution in [-0.4, -0.2) is 58.6 Å². The lowest BCUT2D eigenvalue weighted by Crippen LogP contribution is -2.54. The molecule has 2 fully saturated rings. The zero-order valence-electron chi connectivity index (χ0n) is 15.6. The van der Waals surface area contributed by atoms with Crippen molar-refractivity contribution in [1.29, 1.82) is 0 Å². The van der Waals surface area contributed by atoms with Crippen molar-refractivity contribution in [2.24, 2.45) is 5.73 Å². The van der Waals surface area contributed by atoms with Crippen LogP contribution in [0.15, 0.2) is 18.2 Å². The van der Waals surface area contributed by atoms with Gasteiger partial charge in [0.1, 0.15) is 6.04 Å². The molecule has 8 nitrogen and oxygen atoms in total. The van der Waals surface area contributed by atoms with Crippen LogP contribution in [0.2, 0.25) is 0 Å². The molecule has 4 rings (SSSR count). The average Bonchev–Trinajstić information content (AvgIpc) is 2.94. The molecule has 0 spiro atoms. The van der Waals surface area contributed by atoms with Gasteiger partial charge in [-0.15, -0.1) is 0 Å². The molecule has 0 aliphatic carbocycles. The van der Waals surface area contributed by atoms with Crippen molar-refractivity contribution in [1.82, 2.24) is 15.1 Å². The number of piperidine rings is 2. The topological polar surface area (TPSA) is 113 Å². The van der Waals surface area contributed by atoms with Gasteiger partial charge in [-0.1, -0.05) is 18.6 Å². The highest BCUT2D eigenvalue weighted by atomic mass is 16.2. The third-order valence-corrected chi connectivity index (χ3v) is 5.95. The molecule has 28 heavy (non-hydrogen) atoms. The first kappa shape index (κ1) is 18.8. The molecule has 3 N–H and O–H groups in total. The van der Waals surface area contributed by atoms with Gasteiger partial charge in [-0.2, -0.15) is 0 Å². The van der Waals surface area contributed by atoms with Gasteiger partial charge in [0.25, 0.3) is 11.8 Å². The normalized spacial score (nSPS) is 25.8. The van der Waals surface area contributed by atoms with E-state index >= 15 is 0 Å². The number of fused-ring (bicyclic) bond motifs is 1. The first-order chi connectivity index (χ1) is 13.5. The first-order valence-corrected chi connectivity index (χ1v) is 9.79. The maximum Gasteiger partial charge on any atom is 0.262 e. The van der Waals surface area contributed by atoms with Crippen molar-refractivity contribution < 1.29 is 19.2 Å². The second-order valence-electron chi connectivity index (χ2n) is 7.64. The van der Waals surface area contributed by atoms with Crippen LogP contribution >= 0.6 is 0 Å². The van der Waals surface area contributed by atoms with E-state index in [-0.39, 0.29) is 24.8 Å². The summed E-state index contributed by atoms with van der Waals surface area (Å²) < 4.78 is 0. The molecule has 8 heteroatoms. The van der Waals surface area contributed by atoms with E-state index in [4.69, 9.17) is 5.73 Å². The van der Waals surface area contributed by atoms with Crippen LogP contribution in [0.25, 0.3) is 0 Å². The van der Waals surface area contributed by atoms with E-state index in [1.807, 2.05) is 6.07 Å². The van der Waals surface area contributed by atoms with E-state index in [1.165, 1.54) is 0 Å². The van der Waals surface area contributed by atoms with Crippen molar-refractivity contribution in [3.8, 4) is 0 Å². The van der Waals surface area contributed by atoms with Crippen molar-refractivity contribution in [3.05, 3.63) is 34.9 Å². The van der Waals surface area contributed by atoms with Crippen molar-refractivity contribution >= 4 is 23.6 Å². The predicted molar refractivity (Wildman–Crippen MR) is 100 cm³/mol. The molecule has 4 amide bonds. The van der Waals surface area contributed by atoms with Gasteiger partial charge in [0.2, 0.25) is 11.8 Å². The number of rotatable bonds is 4. The van der Waals surface area contributed by atoms with Crippen molar-refractivity contribution in [3.63, 3.8) is 0 Å². The fourth-order valence-electron chi connectivity index (χ4n) is 4.47. The number of hydrogen-bond acceptors (Lipinski definition) is 6. The molecule has 2 saturated heterocycles. The largest absolute Gasteiger partial charge is 0.329 e. The summed E-state index contributed by atoms with van der Waals surface area (Å²) in [5.41, 5.74) is 7.40. The zero-order chi connectivity index (χ0) is 19.8. The molecule has 148 valence electrons. The van der Waals surface area contributed by atoms with Crippen LogP contribution in [0.1, 0.15) is 58.4 Å². The number of likely N-dealkylation sites (tertiary alicyclic amines) is 1. The van der Waals surface area contributed by atoms with Gasteiger partial charge in [0, 0.05) is 25.6 Å². The summed E-state index contributed by atoms with van der Waals surface area (Å²) in [4.78, 5) is 53.0. The number of carbonyl (C=O) groups is 4. The minimum absolute atomic E-state index is 0.114. The van der Waals surface area contributed by atoms with Crippen molar-refractivity contribution in [2.45, 2.75) is 50.7 Å².